The minimum absolute atomic E-state index is 0. The molecular formula is C9H13N3Na3O12P3. The number of ether oxygens (including phenoxy) is 1. The van der Waals surface area contributed by atoms with E-state index in [1.165, 1.54) is 12.3 Å². The van der Waals surface area contributed by atoms with Gasteiger partial charge in [-0.05, 0) is 18.9 Å². The minimum Gasteiger partial charge on any atom is -0.756 e. The standard InChI is InChI=1S/C9H16N3O12P3.3Na/c10-7-3-4-12(9(13)11-7)8-2-1-6(22-8)5-21-26(17,18)24-27(19,20)23-25(14,15)16;;;/h3-4,6,8H,1-2,5H2,(H,17,18)(H,19,20)(H2,10,11,13)(H2,14,15,16);;;/q;3*+1/p-3/t6-,8+;;;/m0.../s1. The zero-order valence-electron chi connectivity index (χ0n) is 16.2. The first kappa shape index (κ1) is 34.2. The molecule has 0 radical (unpaired) electrons. The zero-order chi connectivity index (χ0) is 20.5. The van der Waals surface area contributed by atoms with E-state index >= 15 is 0 Å². The Kier molecular flexibility index (Phi) is 15.8. The third kappa shape index (κ3) is 12.0. The summed E-state index contributed by atoms with van der Waals surface area (Å²) in [5.74, 6) is 0.00772. The van der Waals surface area contributed by atoms with Crippen LogP contribution in [-0.4, -0.2) is 27.2 Å². The zero-order valence-corrected chi connectivity index (χ0v) is 24.9. The summed E-state index contributed by atoms with van der Waals surface area (Å²) in [6.07, 6.45) is 0.221. The van der Waals surface area contributed by atoms with Gasteiger partial charge in [-0.3, -0.25) is 18.3 Å². The smallest absolute Gasteiger partial charge is 0.756 e. The maximum Gasteiger partial charge on any atom is 1.00 e. The first-order valence-electron chi connectivity index (χ1n) is 7.00. The second-order valence-electron chi connectivity index (χ2n) is 5.15. The fourth-order valence-corrected chi connectivity index (χ4v) is 5.04. The van der Waals surface area contributed by atoms with E-state index in [9.17, 15) is 33.2 Å². The summed E-state index contributed by atoms with van der Waals surface area (Å²) in [4.78, 5) is 56.4. The van der Waals surface area contributed by atoms with Crippen molar-refractivity contribution in [3.63, 3.8) is 0 Å². The van der Waals surface area contributed by atoms with Gasteiger partial charge < -0.3 is 34.6 Å². The molecule has 1 aliphatic rings. The van der Waals surface area contributed by atoms with Crippen molar-refractivity contribution < 1.29 is 140 Å². The largest absolute Gasteiger partial charge is 1.00 e. The van der Waals surface area contributed by atoms with Gasteiger partial charge in [-0.2, -0.15) is 4.98 Å². The fourth-order valence-electron chi connectivity index (χ4n) is 2.12. The van der Waals surface area contributed by atoms with Crippen LogP contribution in [0.4, 0.5) is 5.82 Å². The first-order chi connectivity index (χ1) is 12.3. The Bertz CT molecular complexity index is 896. The molecule has 0 amide bonds. The van der Waals surface area contributed by atoms with E-state index in [1.54, 1.807) is 0 Å². The van der Waals surface area contributed by atoms with Crippen LogP contribution >= 0.6 is 23.5 Å². The van der Waals surface area contributed by atoms with Crippen molar-refractivity contribution in [2.45, 2.75) is 25.2 Å². The molecular weight excluding hydrogens is 504 g/mol. The van der Waals surface area contributed by atoms with Gasteiger partial charge >= 0.3 is 94.4 Å². The third-order valence-electron chi connectivity index (χ3n) is 3.07. The van der Waals surface area contributed by atoms with E-state index in [0.717, 1.165) is 4.57 Å². The van der Waals surface area contributed by atoms with E-state index in [0.29, 0.717) is 0 Å². The van der Waals surface area contributed by atoms with Crippen LogP contribution in [0.1, 0.15) is 19.1 Å². The summed E-state index contributed by atoms with van der Waals surface area (Å²) in [5.41, 5.74) is 4.68. The Balaban J connectivity index is 0. The number of aromatic nitrogens is 2. The SMILES string of the molecule is Nc1ccn([C@H]2CC[C@@H](COP(=O)([O-])OP(=O)([O-])OP(=O)([O-])O)O2)c(=O)n1.[Na+].[Na+].[Na+]. The van der Waals surface area contributed by atoms with Gasteiger partial charge in [0, 0.05) is 6.20 Å². The summed E-state index contributed by atoms with van der Waals surface area (Å²) < 4.78 is 50.3. The molecule has 1 fully saturated rings. The normalized spacial score (nSPS) is 24.1. The number of nitrogen functional groups attached to an aromatic ring is 1. The van der Waals surface area contributed by atoms with E-state index in [2.05, 4.69) is 18.1 Å². The molecule has 2 rings (SSSR count). The number of hydrogen-bond acceptors (Lipinski definition) is 13. The topological polar surface area (TPSA) is 238 Å². The monoisotopic (exact) mass is 517 g/mol. The maximum atomic E-state index is 11.7. The molecule has 21 heteroatoms. The number of phosphoric acid groups is 3. The number of hydrogen-bond donors (Lipinski definition) is 2. The molecule has 1 aliphatic heterocycles. The quantitative estimate of drug-likeness (QED) is 0.241. The predicted molar refractivity (Wildman–Crippen MR) is 79.2 cm³/mol. The van der Waals surface area contributed by atoms with Crippen molar-refractivity contribution in [2.24, 2.45) is 0 Å². The van der Waals surface area contributed by atoms with Crippen molar-refractivity contribution in [1.82, 2.24) is 9.55 Å². The molecule has 0 spiro atoms. The predicted octanol–water partition coefficient (Wildman–Crippen LogP) is -11.0. The second kappa shape index (κ2) is 13.8. The van der Waals surface area contributed by atoms with Gasteiger partial charge in [-0.1, -0.05) is 0 Å². The van der Waals surface area contributed by atoms with E-state index < -0.39 is 48.1 Å². The Morgan fingerprint density at radius 1 is 1.17 bits per heavy atom. The second-order valence-corrected chi connectivity index (χ2v) is 9.44. The summed E-state index contributed by atoms with van der Waals surface area (Å²) in [6.45, 7) is -0.692. The van der Waals surface area contributed by atoms with Crippen molar-refractivity contribution in [1.29, 1.82) is 0 Å². The number of nitrogens with two attached hydrogens (primary N) is 1. The van der Waals surface area contributed by atoms with Crippen LogP contribution in [0.2, 0.25) is 0 Å². The molecule has 5 atom stereocenters. The molecule has 3 N–H and O–H groups in total. The molecule has 0 aliphatic carbocycles. The Morgan fingerprint density at radius 3 is 2.30 bits per heavy atom. The van der Waals surface area contributed by atoms with Crippen LogP contribution in [0.3, 0.4) is 0 Å². The molecule has 15 nitrogen and oxygen atoms in total. The van der Waals surface area contributed by atoms with Crippen LogP contribution in [0.25, 0.3) is 0 Å². The van der Waals surface area contributed by atoms with E-state index in [-0.39, 0.29) is 107 Å². The van der Waals surface area contributed by atoms with Crippen LogP contribution in [-0.2, 0) is 31.6 Å². The third-order valence-corrected chi connectivity index (χ3v) is 6.76. The average molecular weight is 517 g/mol. The molecule has 0 aromatic carbocycles. The minimum atomic E-state index is -5.95. The van der Waals surface area contributed by atoms with Gasteiger partial charge in [-0.15, -0.1) is 0 Å². The van der Waals surface area contributed by atoms with Crippen molar-refractivity contribution in [3.8, 4) is 0 Å². The maximum absolute atomic E-state index is 11.7. The molecule has 3 unspecified atom stereocenters. The van der Waals surface area contributed by atoms with E-state index in [4.69, 9.17) is 15.4 Å². The molecule has 1 aromatic rings. The van der Waals surface area contributed by atoms with Crippen LogP contribution in [0, 0.1) is 0 Å². The Morgan fingerprint density at radius 2 is 1.77 bits per heavy atom. The molecule has 30 heavy (non-hydrogen) atoms. The van der Waals surface area contributed by atoms with Crippen molar-refractivity contribution >= 4 is 29.3 Å². The number of phosphoric ester groups is 1. The van der Waals surface area contributed by atoms with Crippen LogP contribution < -0.4 is 115 Å². The van der Waals surface area contributed by atoms with Crippen molar-refractivity contribution in [3.05, 3.63) is 22.7 Å². The number of nitrogens with zero attached hydrogens (tertiary/aromatic N) is 2. The van der Waals surface area contributed by atoms with Crippen LogP contribution in [0.15, 0.2) is 17.1 Å². The average Bonchev–Trinajstić information content (AvgIpc) is 2.90. The van der Waals surface area contributed by atoms with Gasteiger partial charge in [0.25, 0.3) is 23.5 Å². The molecule has 0 bridgehead atoms. The van der Waals surface area contributed by atoms with Gasteiger partial charge in [0.2, 0.25) is 0 Å². The van der Waals surface area contributed by atoms with Gasteiger partial charge in [0.1, 0.15) is 12.0 Å². The summed E-state index contributed by atoms with van der Waals surface area (Å²) >= 11 is 0. The molecule has 1 saturated heterocycles. The van der Waals surface area contributed by atoms with Gasteiger partial charge in [0.05, 0.1) is 12.7 Å². The van der Waals surface area contributed by atoms with Crippen molar-refractivity contribution in [2.75, 3.05) is 12.3 Å². The molecule has 154 valence electrons. The van der Waals surface area contributed by atoms with Gasteiger partial charge in [-0.25, -0.2) is 13.4 Å². The Hall–Kier alpha value is 2.05. The summed E-state index contributed by atoms with van der Waals surface area (Å²) in [7, 11) is -17.3. The Labute approximate surface area is 236 Å². The van der Waals surface area contributed by atoms with Gasteiger partial charge in [0.15, 0.2) is 0 Å². The van der Waals surface area contributed by atoms with Crippen LogP contribution in [0.5, 0.6) is 0 Å². The molecule has 0 saturated carbocycles. The fraction of sp³-hybridized carbons (Fsp3) is 0.556. The summed E-state index contributed by atoms with van der Waals surface area (Å²) in [5, 5.41) is 0. The first-order valence-corrected chi connectivity index (χ1v) is 11.4. The molecule has 2 heterocycles. The molecule has 1 aromatic heterocycles. The van der Waals surface area contributed by atoms with E-state index in [1.807, 2.05) is 0 Å². The number of anilines is 1. The summed E-state index contributed by atoms with van der Waals surface area (Å²) in [6, 6.07) is 1.36. The number of rotatable bonds is 8.